The van der Waals surface area contributed by atoms with Crippen molar-refractivity contribution in [3.05, 3.63) is 59.0 Å². The number of furan rings is 1. The monoisotopic (exact) mass is 356 g/mol. The smallest absolute Gasteiger partial charge is 0.159 e. The highest BCUT2D eigenvalue weighted by Gasteiger charge is 2.27. The van der Waals surface area contributed by atoms with Crippen molar-refractivity contribution < 1.29 is 14.3 Å². The Morgan fingerprint density at radius 2 is 2.08 bits per heavy atom. The summed E-state index contributed by atoms with van der Waals surface area (Å²) in [4.78, 5) is 16.4. The average molecular weight is 356 g/mol. The Kier molecular flexibility index (Phi) is 6.25. The van der Waals surface area contributed by atoms with Gasteiger partial charge in [-0.05, 0) is 44.0 Å². The van der Waals surface area contributed by atoms with Gasteiger partial charge in [0.25, 0.3) is 0 Å². The maximum Gasteiger partial charge on any atom is 0.159 e. The number of Topliss-reactive ketones (excluding diaryl/α,β-unsaturated/α-hetero) is 1. The maximum absolute atomic E-state index is 11.6. The second-order valence-electron chi connectivity index (χ2n) is 7.14. The molecule has 0 saturated carbocycles. The first-order chi connectivity index (χ1) is 12.5. The summed E-state index contributed by atoms with van der Waals surface area (Å²) in [5.41, 5.74) is 1.93. The number of carbonyl (C=O) groups is 1. The van der Waals surface area contributed by atoms with E-state index in [0.717, 1.165) is 61.8 Å². The van der Waals surface area contributed by atoms with Crippen LogP contribution in [-0.2, 0) is 13.1 Å². The van der Waals surface area contributed by atoms with Crippen molar-refractivity contribution in [2.24, 2.45) is 0 Å². The van der Waals surface area contributed by atoms with Crippen LogP contribution < -0.4 is 0 Å². The third-order valence-corrected chi connectivity index (χ3v) is 5.05. The van der Waals surface area contributed by atoms with E-state index in [0.29, 0.717) is 6.04 Å². The third-order valence-electron chi connectivity index (χ3n) is 5.05. The molecular formula is C21H28N2O3. The van der Waals surface area contributed by atoms with Crippen molar-refractivity contribution in [1.29, 1.82) is 0 Å². The summed E-state index contributed by atoms with van der Waals surface area (Å²) < 4.78 is 5.72. The molecule has 1 atom stereocenters. The Labute approximate surface area is 155 Å². The molecule has 1 aromatic carbocycles. The molecule has 0 spiro atoms. The molecule has 140 valence electrons. The summed E-state index contributed by atoms with van der Waals surface area (Å²) in [6.07, 6.45) is 0.754. The van der Waals surface area contributed by atoms with E-state index in [1.165, 1.54) is 0 Å². The average Bonchev–Trinajstić information content (AvgIpc) is 3.02. The first kappa shape index (κ1) is 18.8. The SMILES string of the molecule is CC(=O)c1cccc(CN2CCN(Cc3ccc(C)o3)[C@H](CCO)C2)c1. The molecule has 0 radical (unpaired) electrons. The fourth-order valence-corrected chi connectivity index (χ4v) is 3.65. The standard InChI is InChI=1S/C21H28N2O3/c1-16-6-7-21(26-16)15-23-10-9-22(14-20(23)8-11-24)13-18-4-3-5-19(12-18)17(2)25/h3-7,12,20,24H,8-11,13-15H2,1-2H3/t20-/m1/s1. The third kappa shape index (κ3) is 4.81. The number of nitrogens with zero attached hydrogens (tertiary/aromatic N) is 2. The first-order valence-corrected chi connectivity index (χ1v) is 9.27. The minimum Gasteiger partial charge on any atom is -0.465 e. The van der Waals surface area contributed by atoms with Crippen LogP contribution in [0.3, 0.4) is 0 Å². The number of carbonyl (C=O) groups excluding carboxylic acids is 1. The Bertz CT molecular complexity index is 740. The zero-order valence-corrected chi connectivity index (χ0v) is 15.6. The van der Waals surface area contributed by atoms with Gasteiger partial charge in [0.1, 0.15) is 11.5 Å². The zero-order valence-electron chi connectivity index (χ0n) is 15.6. The van der Waals surface area contributed by atoms with Crippen LogP contribution in [0.1, 0.15) is 40.8 Å². The molecule has 0 unspecified atom stereocenters. The number of piperazine rings is 1. The molecule has 26 heavy (non-hydrogen) atoms. The fraction of sp³-hybridized carbons (Fsp3) is 0.476. The summed E-state index contributed by atoms with van der Waals surface area (Å²) in [5, 5.41) is 9.47. The number of hydrogen-bond acceptors (Lipinski definition) is 5. The van der Waals surface area contributed by atoms with Crippen LogP contribution >= 0.6 is 0 Å². The van der Waals surface area contributed by atoms with E-state index in [4.69, 9.17) is 4.42 Å². The van der Waals surface area contributed by atoms with Gasteiger partial charge in [0.15, 0.2) is 5.78 Å². The molecule has 1 N–H and O–H groups in total. The van der Waals surface area contributed by atoms with Crippen LogP contribution in [-0.4, -0.2) is 53.0 Å². The second-order valence-corrected chi connectivity index (χ2v) is 7.14. The van der Waals surface area contributed by atoms with Gasteiger partial charge in [-0.25, -0.2) is 0 Å². The lowest BCUT2D eigenvalue weighted by molar-refractivity contribution is 0.0454. The predicted molar refractivity (Wildman–Crippen MR) is 101 cm³/mol. The van der Waals surface area contributed by atoms with Crippen LogP contribution in [0.5, 0.6) is 0 Å². The highest BCUT2D eigenvalue weighted by Crippen LogP contribution is 2.20. The highest BCUT2D eigenvalue weighted by atomic mass is 16.3. The van der Waals surface area contributed by atoms with E-state index in [1.807, 2.05) is 37.3 Å². The number of rotatable bonds is 7. The molecule has 1 aliphatic heterocycles. The molecule has 1 saturated heterocycles. The largest absolute Gasteiger partial charge is 0.465 e. The molecular weight excluding hydrogens is 328 g/mol. The minimum atomic E-state index is 0.101. The summed E-state index contributed by atoms with van der Waals surface area (Å²) in [6.45, 7) is 8.18. The molecule has 2 heterocycles. The van der Waals surface area contributed by atoms with Crippen molar-refractivity contribution >= 4 is 5.78 Å². The normalized spacial score (nSPS) is 19.0. The molecule has 0 amide bonds. The fourth-order valence-electron chi connectivity index (χ4n) is 3.65. The zero-order chi connectivity index (χ0) is 18.5. The minimum absolute atomic E-state index is 0.101. The van der Waals surface area contributed by atoms with E-state index < -0.39 is 0 Å². The molecule has 3 rings (SSSR count). The van der Waals surface area contributed by atoms with Crippen molar-refractivity contribution in [1.82, 2.24) is 9.80 Å². The lowest BCUT2D eigenvalue weighted by atomic mass is 10.1. The van der Waals surface area contributed by atoms with Crippen LogP contribution in [0.25, 0.3) is 0 Å². The molecule has 5 heteroatoms. The summed E-state index contributed by atoms with van der Waals surface area (Å²) in [6, 6.07) is 12.2. The van der Waals surface area contributed by atoms with Crippen LogP contribution in [0.4, 0.5) is 0 Å². The van der Waals surface area contributed by atoms with Crippen LogP contribution in [0.15, 0.2) is 40.8 Å². The lowest BCUT2D eigenvalue weighted by Crippen LogP contribution is -2.52. The summed E-state index contributed by atoms with van der Waals surface area (Å²) >= 11 is 0. The van der Waals surface area contributed by atoms with Crippen LogP contribution in [0, 0.1) is 6.92 Å². The predicted octanol–water partition coefficient (Wildman–Crippen LogP) is 2.86. The molecule has 1 aliphatic rings. The van der Waals surface area contributed by atoms with Gasteiger partial charge in [-0.3, -0.25) is 14.6 Å². The van der Waals surface area contributed by atoms with Gasteiger partial charge in [0, 0.05) is 44.4 Å². The number of aliphatic hydroxyl groups is 1. The van der Waals surface area contributed by atoms with Gasteiger partial charge in [-0.1, -0.05) is 18.2 Å². The molecule has 0 aliphatic carbocycles. The van der Waals surface area contributed by atoms with Gasteiger partial charge in [-0.2, -0.15) is 0 Å². The number of benzene rings is 1. The lowest BCUT2D eigenvalue weighted by Gasteiger charge is -2.41. The number of hydrogen-bond donors (Lipinski definition) is 1. The number of aryl methyl sites for hydroxylation is 1. The van der Waals surface area contributed by atoms with Crippen molar-refractivity contribution in [2.45, 2.75) is 39.4 Å². The number of aliphatic hydroxyl groups excluding tert-OH is 1. The van der Waals surface area contributed by atoms with Gasteiger partial charge in [-0.15, -0.1) is 0 Å². The van der Waals surface area contributed by atoms with E-state index in [2.05, 4.69) is 15.9 Å². The molecule has 1 aromatic heterocycles. The topological polar surface area (TPSA) is 56.9 Å². The quantitative estimate of drug-likeness (QED) is 0.773. The Balaban J connectivity index is 1.63. The van der Waals surface area contributed by atoms with Gasteiger partial charge in [0.2, 0.25) is 0 Å². The van der Waals surface area contributed by atoms with Crippen molar-refractivity contribution in [3.8, 4) is 0 Å². The van der Waals surface area contributed by atoms with E-state index in [-0.39, 0.29) is 12.4 Å². The first-order valence-electron chi connectivity index (χ1n) is 9.27. The van der Waals surface area contributed by atoms with Gasteiger partial charge >= 0.3 is 0 Å². The Morgan fingerprint density at radius 1 is 1.23 bits per heavy atom. The maximum atomic E-state index is 11.6. The van der Waals surface area contributed by atoms with E-state index >= 15 is 0 Å². The molecule has 5 nitrogen and oxygen atoms in total. The van der Waals surface area contributed by atoms with Crippen LogP contribution in [0.2, 0.25) is 0 Å². The number of ketones is 1. The van der Waals surface area contributed by atoms with E-state index in [9.17, 15) is 9.90 Å². The van der Waals surface area contributed by atoms with E-state index in [1.54, 1.807) is 6.92 Å². The van der Waals surface area contributed by atoms with Gasteiger partial charge < -0.3 is 9.52 Å². The highest BCUT2D eigenvalue weighted by molar-refractivity contribution is 5.94. The molecule has 1 fully saturated rings. The summed E-state index contributed by atoms with van der Waals surface area (Å²) in [5.74, 6) is 2.01. The molecule has 2 aromatic rings. The molecule has 0 bridgehead atoms. The van der Waals surface area contributed by atoms with Crippen molar-refractivity contribution in [2.75, 3.05) is 26.2 Å². The second kappa shape index (κ2) is 8.62. The Hall–Kier alpha value is -1.95. The van der Waals surface area contributed by atoms with Crippen molar-refractivity contribution in [3.63, 3.8) is 0 Å². The summed E-state index contributed by atoms with van der Waals surface area (Å²) in [7, 11) is 0. The Morgan fingerprint density at radius 3 is 2.77 bits per heavy atom. The van der Waals surface area contributed by atoms with Gasteiger partial charge in [0.05, 0.1) is 6.54 Å².